The van der Waals surface area contributed by atoms with Crippen molar-refractivity contribution >= 4 is 0 Å². The molecule has 0 heterocycles. The number of hydrogen-bond acceptors (Lipinski definition) is 4. The highest BCUT2D eigenvalue weighted by molar-refractivity contribution is 4.50. The van der Waals surface area contributed by atoms with Crippen LogP contribution in [0.4, 0.5) is 0 Å². The molecule has 7 heavy (non-hydrogen) atoms. The van der Waals surface area contributed by atoms with Gasteiger partial charge in [0.2, 0.25) is 0 Å². The van der Waals surface area contributed by atoms with E-state index >= 15 is 0 Å². The van der Waals surface area contributed by atoms with Gasteiger partial charge in [0.15, 0.2) is 0 Å². The molecule has 0 aromatic heterocycles. The number of rotatable bonds is 3. The van der Waals surface area contributed by atoms with Crippen LogP contribution in [-0.2, 0) is 4.99 Å². The zero-order valence-electron chi connectivity index (χ0n) is 4.22. The molecule has 0 rings (SSSR count). The molecule has 0 aliphatic heterocycles. The summed E-state index contributed by atoms with van der Waals surface area (Å²) in [5.41, 5.74) is 7.33. The lowest BCUT2D eigenvalue weighted by molar-refractivity contribution is -0.297. The minimum absolute atomic E-state index is 0.00463. The molecule has 4 heteroatoms. The highest BCUT2D eigenvalue weighted by Crippen LogP contribution is 1.71. The smallest absolute Gasteiger partial charge is 0.0446 e. The average Bonchev–Trinajstić information content (AvgIpc) is 1.68. The largest absolute Gasteiger partial charge is 0.329 e. The van der Waals surface area contributed by atoms with Gasteiger partial charge in [-0.25, -0.2) is 5.26 Å². The Kier molecular flexibility index (Phi) is 3.92. The predicted molar refractivity (Wildman–Crippen MR) is 25.4 cm³/mol. The molecule has 4 nitrogen and oxygen atoms in total. The Morgan fingerprint density at radius 1 is 2.00 bits per heavy atom. The van der Waals surface area contributed by atoms with E-state index in [1.807, 2.05) is 0 Å². The quantitative estimate of drug-likeness (QED) is 0.329. The normalized spacial score (nSPS) is 14.1. The third-order valence-electron chi connectivity index (χ3n) is 0.607. The molecule has 0 radical (unpaired) electrons. The summed E-state index contributed by atoms with van der Waals surface area (Å²) in [7, 11) is 0. The molecule has 0 fully saturated rings. The molecule has 0 bridgehead atoms. The van der Waals surface area contributed by atoms with E-state index in [0.29, 0.717) is 6.54 Å². The van der Waals surface area contributed by atoms with Crippen LogP contribution in [0, 0.1) is 0 Å². The minimum atomic E-state index is 0.00463. The van der Waals surface area contributed by atoms with Crippen molar-refractivity contribution in [2.45, 2.75) is 13.0 Å². The molecule has 0 spiro atoms. The minimum Gasteiger partial charge on any atom is -0.329 e. The van der Waals surface area contributed by atoms with Gasteiger partial charge in [0.25, 0.3) is 0 Å². The summed E-state index contributed by atoms with van der Waals surface area (Å²) in [6, 6.07) is 0.00463. The van der Waals surface area contributed by atoms with Crippen LogP contribution < -0.4 is 11.2 Å². The molecule has 1 unspecified atom stereocenters. The molecule has 0 saturated carbocycles. The molecular formula is C3H10N2O2. The number of hydrogen-bond donors (Lipinski definition) is 3. The third-order valence-corrected chi connectivity index (χ3v) is 0.607. The lowest BCUT2D eigenvalue weighted by Gasteiger charge is -2.03. The first-order valence-corrected chi connectivity index (χ1v) is 2.07. The fourth-order valence-electron chi connectivity index (χ4n) is 0.138. The van der Waals surface area contributed by atoms with Crippen LogP contribution >= 0.6 is 0 Å². The first-order chi connectivity index (χ1) is 3.31. The zero-order valence-corrected chi connectivity index (χ0v) is 4.22. The van der Waals surface area contributed by atoms with E-state index in [9.17, 15) is 0 Å². The van der Waals surface area contributed by atoms with Crippen molar-refractivity contribution in [3.05, 3.63) is 0 Å². The monoisotopic (exact) mass is 106 g/mol. The lowest BCUT2D eigenvalue weighted by atomic mass is 10.4. The molecule has 0 saturated heterocycles. The molecular weight excluding hydrogens is 96.0 g/mol. The maximum atomic E-state index is 7.70. The van der Waals surface area contributed by atoms with Crippen LogP contribution in [0.25, 0.3) is 0 Å². The number of nitrogens with one attached hydrogen (secondary N) is 1. The summed E-state index contributed by atoms with van der Waals surface area (Å²) in [4.78, 5) is 3.56. The van der Waals surface area contributed by atoms with Gasteiger partial charge in [-0.2, -0.15) is 5.48 Å². The van der Waals surface area contributed by atoms with Crippen molar-refractivity contribution in [1.82, 2.24) is 5.48 Å². The molecule has 4 N–H and O–H groups in total. The summed E-state index contributed by atoms with van der Waals surface area (Å²) in [5, 5.41) is 7.70. The summed E-state index contributed by atoms with van der Waals surface area (Å²) in [5.74, 6) is 0. The van der Waals surface area contributed by atoms with Crippen LogP contribution in [0.5, 0.6) is 0 Å². The number of hydroxylamine groups is 1. The molecule has 0 aliphatic carbocycles. The number of nitrogens with two attached hydrogens (primary N) is 1. The van der Waals surface area contributed by atoms with E-state index < -0.39 is 0 Å². The van der Waals surface area contributed by atoms with E-state index in [0.717, 1.165) is 0 Å². The molecule has 1 atom stereocenters. The van der Waals surface area contributed by atoms with Crippen LogP contribution in [0.1, 0.15) is 6.92 Å². The van der Waals surface area contributed by atoms with Crippen molar-refractivity contribution in [3.63, 3.8) is 0 Å². The zero-order chi connectivity index (χ0) is 5.70. The fraction of sp³-hybridized carbons (Fsp3) is 1.00. The maximum absolute atomic E-state index is 7.70. The maximum Gasteiger partial charge on any atom is 0.0446 e. The summed E-state index contributed by atoms with van der Waals surface area (Å²) >= 11 is 0. The van der Waals surface area contributed by atoms with E-state index in [1.54, 1.807) is 6.92 Å². The molecule has 44 valence electrons. The van der Waals surface area contributed by atoms with Gasteiger partial charge in [0, 0.05) is 12.6 Å². The van der Waals surface area contributed by atoms with Gasteiger partial charge >= 0.3 is 0 Å². The van der Waals surface area contributed by atoms with E-state index in [-0.39, 0.29) is 6.04 Å². The van der Waals surface area contributed by atoms with Crippen molar-refractivity contribution in [2.24, 2.45) is 5.73 Å². The topological polar surface area (TPSA) is 67.5 Å². The Morgan fingerprint density at radius 3 is 2.71 bits per heavy atom. The van der Waals surface area contributed by atoms with Gasteiger partial charge in [0.05, 0.1) is 0 Å². The first-order valence-electron chi connectivity index (χ1n) is 2.07. The highest BCUT2D eigenvalue weighted by atomic mass is 17.2. The lowest BCUT2D eigenvalue weighted by Crippen LogP contribution is -2.32. The SMILES string of the molecule is CC(CN)NOO. The Hall–Kier alpha value is -0.160. The molecule has 0 amide bonds. The second-order valence-corrected chi connectivity index (χ2v) is 1.35. The van der Waals surface area contributed by atoms with E-state index in [2.05, 4.69) is 10.5 Å². The van der Waals surface area contributed by atoms with Crippen LogP contribution in [0.2, 0.25) is 0 Å². The molecule has 0 aromatic carbocycles. The average molecular weight is 106 g/mol. The van der Waals surface area contributed by atoms with Crippen molar-refractivity contribution in [2.75, 3.05) is 6.54 Å². The highest BCUT2D eigenvalue weighted by Gasteiger charge is 1.92. The Morgan fingerprint density at radius 2 is 2.57 bits per heavy atom. The third kappa shape index (κ3) is 3.68. The molecule has 0 aromatic rings. The van der Waals surface area contributed by atoms with Crippen LogP contribution in [0.15, 0.2) is 0 Å². The van der Waals surface area contributed by atoms with Gasteiger partial charge in [-0.15, -0.1) is 4.99 Å². The standard InChI is InChI=1S/C3H10N2O2/c1-3(2-4)5-7-6/h3,5-6H,2,4H2,1H3. The Bertz CT molecular complexity index is 41.9. The Balaban J connectivity index is 2.83. The second-order valence-electron chi connectivity index (χ2n) is 1.35. The van der Waals surface area contributed by atoms with Gasteiger partial charge in [-0.1, -0.05) is 0 Å². The Labute approximate surface area is 42.2 Å². The van der Waals surface area contributed by atoms with Crippen LogP contribution in [-0.4, -0.2) is 17.8 Å². The summed E-state index contributed by atoms with van der Waals surface area (Å²) < 4.78 is 0. The van der Waals surface area contributed by atoms with Gasteiger partial charge in [-0.05, 0) is 6.92 Å². The summed E-state index contributed by atoms with van der Waals surface area (Å²) in [6.07, 6.45) is 0. The fourth-order valence-corrected chi connectivity index (χ4v) is 0.138. The van der Waals surface area contributed by atoms with Gasteiger partial charge < -0.3 is 5.73 Å². The van der Waals surface area contributed by atoms with Crippen LogP contribution in [0.3, 0.4) is 0 Å². The van der Waals surface area contributed by atoms with Gasteiger partial charge in [0.1, 0.15) is 0 Å². The van der Waals surface area contributed by atoms with Gasteiger partial charge in [-0.3, -0.25) is 0 Å². The predicted octanol–water partition coefficient (Wildman–Crippen LogP) is -0.672. The summed E-state index contributed by atoms with van der Waals surface area (Å²) in [6.45, 7) is 2.23. The van der Waals surface area contributed by atoms with Crippen molar-refractivity contribution in [3.8, 4) is 0 Å². The van der Waals surface area contributed by atoms with E-state index in [1.165, 1.54) is 0 Å². The molecule has 0 aliphatic rings. The van der Waals surface area contributed by atoms with Crippen molar-refractivity contribution < 1.29 is 10.2 Å². The first kappa shape index (κ1) is 6.84. The van der Waals surface area contributed by atoms with E-state index in [4.69, 9.17) is 11.0 Å². The second kappa shape index (κ2) is 4.01. The van der Waals surface area contributed by atoms with Crippen molar-refractivity contribution in [1.29, 1.82) is 0 Å².